The summed E-state index contributed by atoms with van der Waals surface area (Å²) >= 11 is 0. The van der Waals surface area contributed by atoms with E-state index in [2.05, 4.69) is 9.97 Å². The first-order valence-corrected chi connectivity index (χ1v) is 7.17. The summed E-state index contributed by atoms with van der Waals surface area (Å²) in [7, 11) is 3.27. The van der Waals surface area contributed by atoms with E-state index in [-0.39, 0.29) is 5.69 Å². The molecule has 0 atom stereocenters. The van der Waals surface area contributed by atoms with E-state index in [1.807, 2.05) is 4.57 Å². The van der Waals surface area contributed by atoms with Crippen molar-refractivity contribution in [2.45, 2.75) is 38.6 Å². The summed E-state index contributed by atoms with van der Waals surface area (Å²) in [4.78, 5) is 20.8. The van der Waals surface area contributed by atoms with Crippen molar-refractivity contribution in [3.63, 3.8) is 0 Å². The molecule has 1 aliphatic rings. The average molecular weight is 276 g/mol. The van der Waals surface area contributed by atoms with Crippen molar-refractivity contribution < 1.29 is 4.74 Å². The Kier molecular flexibility index (Phi) is 3.46. The van der Waals surface area contributed by atoms with E-state index in [1.54, 1.807) is 17.8 Å². The third-order valence-electron chi connectivity index (χ3n) is 4.20. The molecule has 6 heteroatoms. The van der Waals surface area contributed by atoms with Crippen LogP contribution in [0.4, 0.5) is 0 Å². The zero-order valence-electron chi connectivity index (χ0n) is 12.0. The minimum Gasteiger partial charge on any atom is -0.467 e. The van der Waals surface area contributed by atoms with Gasteiger partial charge in [-0.1, -0.05) is 19.3 Å². The highest BCUT2D eigenvalue weighted by Gasteiger charge is 2.19. The van der Waals surface area contributed by atoms with Gasteiger partial charge in [0.1, 0.15) is 5.52 Å². The fourth-order valence-electron chi connectivity index (χ4n) is 3.07. The lowest BCUT2D eigenvalue weighted by Crippen LogP contribution is -2.26. The van der Waals surface area contributed by atoms with Gasteiger partial charge in [-0.2, -0.15) is 4.98 Å². The minimum atomic E-state index is -0.0203. The number of nitrogens with zero attached hydrogens (tertiary/aromatic N) is 4. The highest BCUT2D eigenvalue weighted by molar-refractivity contribution is 5.70. The largest absolute Gasteiger partial charge is 0.467 e. The van der Waals surface area contributed by atoms with Crippen molar-refractivity contribution in [3.05, 3.63) is 16.7 Å². The summed E-state index contributed by atoms with van der Waals surface area (Å²) < 4.78 is 8.41. The zero-order valence-corrected chi connectivity index (χ0v) is 12.0. The molecule has 108 valence electrons. The van der Waals surface area contributed by atoms with Crippen molar-refractivity contribution in [2.24, 2.45) is 13.0 Å². The Morgan fingerprint density at radius 3 is 2.80 bits per heavy atom. The van der Waals surface area contributed by atoms with E-state index >= 15 is 0 Å². The maximum atomic E-state index is 12.4. The van der Waals surface area contributed by atoms with Crippen molar-refractivity contribution in [2.75, 3.05) is 7.11 Å². The molecule has 0 bridgehead atoms. The monoisotopic (exact) mass is 276 g/mol. The molecule has 3 rings (SSSR count). The molecule has 2 aromatic rings. The molecule has 1 aliphatic carbocycles. The van der Waals surface area contributed by atoms with Gasteiger partial charge in [-0.05, 0) is 18.8 Å². The third kappa shape index (κ3) is 2.19. The van der Waals surface area contributed by atoms with Crippen LogP contribution in [0.25, 0.3) is 11.2 Å². The molecule has 2 aromatic heterocycles. The number of imidazole rings is 1. The number of fused-ring (bicyclic) bond motifs is 1. The van der Waals surface area contributed by atoms with E-state index < -0.39 is 0 Å². The van der Waals surface area contributed by atoms with E-state index in [0.29, 0.717) is 17.6 Å². The van der Waals surface area contributed by atoms with Crippen LogP contribution < -0.4 is 10.4 Å². The van der Waals surface area contributed by atoms with E-state index in [4.69, 9.17) is 4.74 Å². The molecule has 0 radical (unpaired) electrons. The predicted octanol–water partition coefficient (Wildman–Crippen LogP) is 1.72. The molecule has 0 saturated heterocycles. The minimum absolute atomic E-state index is 0.0203. The molecular formula is C14H20N4O2. The highest BCUT2D eigenvalue weighted by atomic mass is 16.5. The molecule has 0 unspecified atom stereocenters. The SMILES string of the molecule is COc1ncc2c(n1)n(C)c(=O)n2CC1CCCCC1. The molecule has 2 heterocycles. The molecule has 0 aliphatic heterocycles. The molecule has 1 fully saturated rings. The summed E-state index contributed by atoms with van der Waals surface area (Å²) in [6.45, 7) is 0.770. The van der Waals surface area contributed by atoms with Gasteiger partial charge in [0, 0.05) is 13.6 Å². The maximum Gasteiger partial charge on any atom is 0.330 e. The lowest BCUT2D eigenvalue weighted by Gasteiger charge is -2.21. The zero-order chi connectivity index (χ0) is 14.1. The topological polar surface area (TPSA) is 61.9 Å². The summed E-state index contributed by atoms with van der Waals surface area (Å²) in [5.74, 6) is 0.592. The molecule has 0 aromatic carbocycles. The summed E-state index contributed by atoms with van der Waals surface area (Å²) in [5, 5.41) is 0. The van der Waals surface area contributed by atoms with Crippen LogP contribution in [0.5, 0.6) is 6.01 Å². The molecular weight excluding hydrogens is 256 g/mol. The molecule has 6 nitrogen and oxygen atoms in total. The van der Waals surface area contributed by atoms with Crippen LogP contribution in [0.15, 0.2) is 11.0 Å². The van der Waals surface area contributed by atoms with Gasteiger partial charge in [-0.3, -0.25) is 9.13 Å². The third-order valence-corrected chi connectivity index (χ3v) is 4.20. The molecule has 20 heavy (non-hydrogen) atoms. The second-order valence-electron chi connectivity index (χ2n) is 5.52. The van der Waals surface area contributed by atoms with Crippen LogP contribution in [0, 0.1) is 5.92 Å². The second kappa shape index (κ2) is 5.26. The lowest BCUT2D eigenvalue weighted by molar-refractivity contribution is 0.318. The van der Waals surface area contributed by atoms with Crippen molar-refractivity contribution in [3.8, 4) is 6.01 Å². The van der Waals surface area contributed by atoms with Gasteiger partial charge in [-0.25, -0.2) is 9.78 Å². The first kappa shape index (κ1) is 13.1. The number of rotatable bonds is 3. The number of hydrogen-bond acceptors (Lipinski definition) is 4. The first-order chi connectivity index (χ1) is 9.70. The lowest BCUT2D eigenvalue weighted by atomic mass is 9.89. The Labute approximate surface area is 117 Å². The van der Waals surface area contributed by atoms with Gasteiger partial charge in [-0.15, -0.1) is 0 Å². The number of methoxy groups -OCH3 is 1. The normalized spacial score (nSPS) is 16.7. The molecule has 1 saturated carbocycles. The Bertz CT molecular complexity index is 668. The molecule has 0 amide bonds. The quantitative estimate of drug-likeness (QED) is 0.856. The Morgan fingerprint density at radius 1 is 1.35 bits per heavy atom. The van der Waals surface area contributed by atoms with Crippen LogP contribution >= 0.6 is 0 Å². The number of hydrogen-bond donors (Lipinski definition) is 0. The molecule has 0 N–H and O–H groups in total. The van der Waals surface area contributed by atoms with Gasteiger partial charge in [0.05, 0.1) is 13.3 Å². The van der Waals surface area contributed by atoms with Gasteiger partial charge in [0.15, 0.2) is 5.65 Å². The summed E-state index contributed by atoms with van der Waals surface area (Å²) in [6, 6.07) is 0.294. The second-order valence-corrected chi connectivity index (χ2v) is 5.52. The summed E-state index contributed by atoms with van der Waals surface area (Å²) in [5.41, 5.74) is 1.41. The van der Waals surface area contributed by atoms with E-state index in [1.165, 1.54) is 39.2 Å². The fraction of sp³-hybridized carbons (Fsp3) is 0.643. The van der Waals surface area contributed by atoms with Crippen molar-refractivity contribution in [1.82, 2.24) is 19.1 Å². The predicted molar refractivity (Wildman–Crippen MR) is 75.9 cm³/mol. The van der Waals surface area contributed by atoms with Crippen LogP contribution in [0.1, 0.15) is 32.1 Å². The number of aromatic nitrogens is 4. The maximum absolute atomic E-state index is 12.4. The fourth-order valence-corrected chi connectivity index (χ4v) is 3.07. The van der Waals surface area contributed by atoms with Gasteiger partial charge in [0.25, 0.3) is 0 Å². The Balaban J connectivity index is 2.01. The highest BCUT2D eigenvalue weighted by Crippen LogP contribution is 2.25. The van der Waals surface area contributed by atoms with Crippen LogP contribution in [0.2, 0.25) is 0 Å². The number of ether oxygens (including phenoxy) is 1. The van der Waals surface area contributed by atoms with E-state index in [0.717, 1.165) is 12.1 Å². The van der Waals surface area contributed by atoms with Crippen LogP contribution in [-0.4, -0.2) is 26.2 Å². The smallest absolute Gasteiger partial charge is 0.330 e. The van der Waals surface area contributed by atoms with Gasteiger partial charge < -0.3 is 4.74 Å². The van der Waals surface area contributed by atoms with Crippen LogP contribution in [0.3, 0.4) is 0 Å². The van der Waals surface area contributed by atoms with Crippen molar-refractivity contribution in [1.29, 1.82) is 0 Å². The number of aryl methyl sites for hydroxylation is 1. The van der Waals surface area contributed by atoms with Gasteiger partial charge in [0.2, 0.25) is 0 Å². The average Bonchev–Trinajstić information content (AvgIpc) is 2.73. The standard InChI is InChI=1S/C14H20N4O2/c1-17-12-11(8-15-13(16-12)20-2)18(14(17)19)9-10-6-4-3-5-7-10/h8,10H,3-7,9H2,1-2H3. The van der Waals surface area contributed by atoms with Crippen LogP contribution in [-0.2, 0) is 13.6 Å². The Hall–Kier alpha value is -1.85. The van der Waals surface area contributed by atoms with Crippen molar-refractivity contribution >= 4 is 11.2 Å². The Morgan fingerprint density at radius 2 is 2.10 bits per heavy atom. The molecule has 0 spiro atoms. The van der Waals surface area contributed by atoms with Gasteiger partial charge >= 0.3 is 11.7 Å². The first-order valence-electron chi connectivity index (χ1n) is 7.17. The van der Waals surface area contributed by atoms with E-state index in [9.17, 15) is 4.79 Å². The summed E-state index contributed by atoms with van der Waals surface area (Å²) in [6.07, 6.45) is 7.97.